The Bertz CT molecular complexity index is 715. The molecule has 0 aliphatic heterocycles. The van der Waals surface area contributed by atoms with E-state index in [0.717, 1.165) is 20.8 Å². The van der Waals surface area contributed by atoms with Gasteiger partial charge >= 0.3 is 0 Å². The Morgan fingerprint density at radius 1 is 1.30 bits per heavy atom. The summed E-state index contributed by atoms with van der Waals surface area (Å²) < 4.78 is 41.0. The van der Waals surface area contributed by atoms with Crippen LogP contribution in [0.5, 0.6) is 0 Å². The number of aliphatic hydroxyl groups is 1. The highest BCUT2D eigenvalue weighted by Gasteiger charge is 2.19. The number of nitrogens with one attached hydrogen (secondary N) is 1. The van der Waals surface area contributed by atoms with Gasteiger partial charge in [0.05, 0.1) is 10.4 Å². The zero-order chi connectivity index (χ0) is 14.8. The molecule has 0 fully saturated rings. The molecule has 0 bridgehead atoms. The largest absolute Gasteiger partial charge is 0.392 e. The van der Waals surface area contributed by atoms with Gasteiger partial charge in [-0.05, 0) is 45.8 Å². The number of rotatable bonds is 5. The quantitative estimate of drug-likeness (QED) is 0.838. The van der Waals surface area contributed by atoms with Crippen LogP contribution in [0.1, 0.15) is 10.4 Å². The number of hydrogen-bond donors (Lipinski definition) is 2. The first kappa shape index (κ1) is 15.6. The van der Waals surface area contributed by atoms with Gasteiger partial charge < -0.3 is 5.11 Å². The first-order valence-corrected chi connectivity index (χ1v) is 8.65. The van der Waals surface area contributed by atoms with Crippen molar-refractivity contribution in [3.8, 4) is 0 Å². The van der Waals surface area contributed by atoms with E-state index >= 15 is 0 Å². The molecule has 1 aromatic heterocycles. The van der Waals surface area contributed by atoms with Gasteiger partial charge in [0.25, 0.3) is 0 Å². The van der Waals surface area contributed by atoms with Crippen LogP contribution in [-0.4, -0.2) is 13.5 Å². The maximum atomic E-state index is 13.7. The maximum Gasteiger partial charge on any atom is 0.243 e. The van der Waals surface area contributed by atoms with E-state index in [1.807, 2.05) is 6.07 Å². The Morgan fingerprint density at radius 3 is 2.60 bits per heavy atom. The summed E-state index contributed by atoms with van der Waals surface area (Å²) in [6, 6.07) is 7.12. The van der Waals surface area contributed by atoms with Crippen LogP contribution in [0.4, 0.5) is 4.39 Å². The first-order valence-electron chi connectivity index (χ1n) is 5.55. The van der Waals surface area contributed by atoms with Crippen molar-refractivity contribution >= 4 is 37.3 Å². The van der Waals surface area contributed by atoms with Crippen molar-refractivity contribution in [1.82, 2.24) is 4.72 Å². The monoisotopic (exact) mass is 379 g/mol. The minimum atomic E-state index is -3.92. The zero-order valence-electron chi connectivity index (χ0n) is 10.1. The smallest absolute Gasteiger partial charge is 0.243 e. The van der Waals surface area contributed by atoms with E-state index in [1.54, 1.807) is 6.07 Å². The highest BCUT2D eigenvalue weighted by molar-refractivity contribution is 9.11. The third-order valence-corrected chi connectivity index (χ3v) is 5.59. The molecule has 1 heterocycles. The highest BCUT2D eigenvalue weighted by Crippen LogP contribution is 2.23. The Labute approximate surface area is 128 Å². The summed E-state index contributed by atoms with van der Waals surface area (Å²) in [5.41, 5.74) is 0.323. The minimum Gasteiger partial charge on any atom is -0.392 e. The van der Waals surface area contributed by atoms with E-state index in [-0.39, 0.29) is 13.2 Å². The predicted octanol–water partition coefficient (Wildman–Crippen LogP) is 2.62. The molecule has 20 heavy (non-hydrogen) atoms. The Balaban J connectivity index is 2.18. The predicted molar refractivity (Wildman–Crippen MR) is 78.4 cm³/mol. The third-order valence-electron chi connectivity index (χ3n) is 2.53. The van der Waals surface area contributed by atoms with Crippen molar-refractivity contribution in [2.45, 2.75) is 18.0 Å². The summed E-state index contributed by atoms with van der Waals surface area (Å²) >= 11 is 4.68. The second kappa shape index (κ2) is 6.31. The topological polar surface area (TPSA) is 66.4 Å². The van der Waals surface area contributed by atoms with Crippen LogP contribution in [0.15, 0.2) is 39.0 Å². The van der Waals surface area contributed by atoms with Crippen LogP contribution < -0.4 is 4.72 Å². The number of aliphatic hydroxyl groups excluding tert-OH is 1. The lowest BCUT2D eigenvalue weighted by Crippen LogP contribution is -2.23. The lowest BCUT2D eigenvalue weighted by atomic mass is 10.2. The summed E-state index contributed by atoms with van der Waals surface area (Å²) in [6.45, 7) is -0.242. The molecular formula is C12H11BrFNO3S2. The molecule has 0 radical (unpaired) electrons. The summed E-state index contributed by atoms with van der Waals surface area (Å²) in [7, 11) is -3.92. The molecule has 108 valence electrons. The van der Waals surface area contributed by atoms with Gasteiger partial charge in [0, 0.05) is 11.4 Å². The minimum absolute atomic E-state index is 0.0970. The van der Waals surface area contributed by atoms with Crippen molar-refractivity contribution in [1.29, 1.82) is 0 Å². The summed E-state index contributed by atoms with van der Waals surface area (Å²) in [5, 5.41) is 8.88. The second-order valence-corrected chi connectivity index (χ2v) is 8.24. The van der Waals surface area contributed by atoms with E-state index in [9.17, 15) is 12.8 Å². The van der Waals surface area contributed by atoms with Crippen molar-refractivity contribution in [2.24, 2.45) is 0 Å². The molecule has 0 unspecified atom stereocenters. The molecule has 0 saturated heterocycles. The van der Waals surface area contributed by atoms with E-state index < -0.39 is 20.7 Å². The van der Waals surface area contributed by atoms with Crippen molar-refractivity contribution in [3.05, 3.63) is 50.4 Å². The molecule has 2 aromatic rings. The molecule has 4 nitrogen and oxygen atoms in total. The normalized spacial score (nSPS) is 11.8. The van der Waals surface area contributed by atoms with Crippen molar-refractivity contribution in [2.75, 3.05) is 0 Å². The fourth-order valence-corrected chi connectivity index (χ4v) is 4.13. The molecule has 0 aliphatic rings. The number of benzene rings is 1. The van der Waals surface area contributed by atoms with Gasteiger partial charge in [-0.3, -0.25) is 0 Å². The second-order valence-electron chi connectivity index (χ2n) is 3.95. The highest BCUT2D eigenvalue weighted by atomic mass is 79.9. The van der Waals surface area contributed by atoms with Crippen LogP contribution in [0.3, 0.4) is 0 Å². The standard InChI is InChI=1S/C12H11BrFNO3S2/c13-12-4-2-9(19-12)6-15-20(17,18)11-3-1-8(7-16)5-10(11)14/h1-5,15-16H,6-7H2. The van der Waals surface area contributed by atoms with E-state index in [0.29, 0.717) is 5.56 Å². The molecule has 0 aliphatic carbocycles. The molecule has 2 rings (SSSR count). The van der Waals surface area contributed by atoms with Gasteiger partial charge in [-0.2, -0.15) is 0 Å². The third kappa shape index (κ3) is 3.64. The molecule has 0 saturated carbocycles. The zero-order valence-corrected chi connectivity index (χ0v) is 13.4. The Kier molecular flexibility index (Phi) is 4.92. The van der Waals surface area contributed by atoms with Crippen LogP contribution in [0.2, 0.25) is 0 Å². The molecular weight excluding hydrogens is 369 g/mol. The van der Waals surface area contributed by atoms with Gasteiger partial charge in [0.2, 0.25) is 10.0 Å². The van der Waals surface area contributed by atoms with Crippen LogP contribution >= 0.6 is 27.3 Å². The molecule has 0 atom stereocenters. The van der Waals surface area contributed by atoms with Crippen molar-refractivity contribution in [3.63, 3.8) is 0 Å². The van der Waals surface area contributed by atoms with Crippen LogP contribution in [0.25, 0.3) is 0 Å². The maximum absolute atomic E-state index is 13.7. The number of halogens is 2. The van der Waals surface area contributed by atoms with Gasteiger partial charge in [-0.25, -0.2) is 17.5 Å². The summed E-state index contributed by atoms with van der Waals surface area (Å²) in [4.78, 5) is 0.387. The summed E-state index contributed by atoms with van der Waals surface area (Å²) in [5.74, 6) is -0.878. The van der Waals surface area contributed by atoms with Gasteiger partial charge in [0.1, 0.15) is 10.7 Å². The molecule has 8 heteroatoms. The van der Waals surface area contributed by atoms with Gasteiger partial charge in [-0.15, -0.1) is 11.3 Å². The SMILES string of the molecule is O=S(=O)(NCc1ccc(Br)s1)c1ccc(CO)cc1F. The lowest BCUT2D eigenvalue weighted by Gasteiger charge is -2.07. The number of thiophene rings is 1. The molecule has 1 aromatic carbocycles. The van der Waals surface area contributed by atoms with Gasteiger partial charge in [-0.1, -0.05) is 6.07 Å². The summed E-state index contributed by atoms with van der Waals surface area (Å²) in [6.07, 6.45) is 0. The molecule has 0 amide bonds. The van der Waals surface area contributed by atoms with Crippen molar-refractivity contribution < 1.29 is 17.9 Å². The Morgan fingerprint density at radius 2 is 2.05 bits per heavy atom. The van der Waals surface area contributed by atoms with E-state index in [2.05, 4.69) is 20.7 Å². The fraction of sp³-hybridized carbons (Fsp3) is 0.167. The van der Waals surface area contributed by atoms with Crippen LogP contribution in [-0.2, 0) is 23.2 Å². The van der Waals surface area contributed by atoms with Gasteiger partial charge in [0.15, 0.2) is 0 Å². The van der Waals surface area contributed by atoms with E-state index in [1.165, 1.54) is 17.4 Å². The Hall–Kier alpha value is -0.800. The fourth-order valence-electron chi connectivity index (χ4n) is 1.55. The first-order chi connectivity index (χ1) is 9.42. The molecule has 0 spiro atoms. The lowest BCUT2D eigenvalue weighted by molar-refractivity contribution is 0.281. The van der Waals surface area contributed by atoms with E-state index in [4.69, 9.17) is 5.11 Å². The average Bonchev–Trinajstić information content (AvgIpc) is 2.82. The number of hydrogen-bond acceptors (Lipinski definition) is 4. The molecule has 2 N–H and O–H groups in total. The van der Waals surface area contributed by atoms with Crippen LogP contribution in [0, 0.1) is 5.82 Å². The average molecular weight is 380 g/mol. The number of sulfonamides is 1.